The summed E-state index contributed by atoms with van der Waals surface area (Å²) in [6.45, 7) is 2.21. The minimum absolute atomic E-state index is 0.00349. The lowest BCUT2D eigenvalue weighted by atomic mass is 10.4. The predicted octanol–water partition coefficient (Wildman–Crippen LogP) is 0.146. The van der Waals surface area contributed by atoms with Gasteiger partial charge in [0.1, 0.15) is 5.01 Å². The summed E-state index contributed by atoms with van der Waals surface area (Å²) in [5.74, 6) is 0.00349. The maximum Gasteiger partial charge on any atom is 0.220 e. The van der Waals surface area contributed by atoms with Crippen LogP contribution in [-0.2, 0) is 11.3 Å². The third kappa shape index (κ3) is 2.46. The standard InChI is InChI=1S/C6H10N4OS/c1-2-4(11)8-3-5-9-10-6(7)12-5/h2-3H2,1H3,(H2,7,10)(H,8,11). The van der Waals surface area contributed by atoms with E-state index in [0.717, 1.165) is 5.01 Å². The second-order valence-electron chi connectivity index (χ2n) is 2.16. The van der Waals surface area contributed by atoms with Gasteiger partial charge in [-0.25, -0.2) is 0 Å². The summed E-state index contributed by atoms with van der Waals surface area (Å²) in [6, 6.07) is 0. The van der Waals surface area contributed by atoms with E-state index in [9.17, 15) is 4.79 Å². The number of hydrogen-bond acceptors (Lipinski definition) is 5. The molecule has 0 saturated heterocycles. The molecule has 0 fully saturated rings. The van der Waals surface area contributed by atoms with Gasteiger partial charge in [-0.2, -0.15) is 0 Å². The first-order chi connectivity index (χ1) is 5.72. The van der Waals surface area contributed by atoms with Crippen LogP contribution in [-0.4, -0.2) is 16.1 Å². The molecule has 0 unspecified atom stereocenters. The molecule has 0 aliphatic heterocycles. The maximum atomic E-state index is 10.8. The highest BCUT2D eigenvalue weighted by molar-refractivity contribution is 7.15. The lowest BCUT2D eigenvalue weighted by Gasteiger charge is -1.97. The fourth-order valence-electron chi connectivity index (χ4n) is 0.637. The smallest absolute Gasteiger partial charge is 0.220 e. The number of hydrogen-bond donors (Lipinski definition) is 2. The molecule has 1 aromatic heterocycles. The van der Waals surface area contributed by atoms with Crippen LogP contribution in [0.15, 0.2) is 0 Å². The van der Waals surface area contributed by atoms with Gasteiger partial charge in [-0.1, -0.05) is 18.3 Å². The Balaban J connectivity index is 2.38. The van der Waals surface area contributed by atoms with Gasteiger partial charge in [0.15, 0.2) is 0 Å². The molecule has 12 heavy (non-hydrogen) atoms. The second-order valence-corrected chi connectivity index (χ2v) is 3.26. The topological polar surface area (TPSA) is 80.9 Å². The lowest BCUT2D eigenvalue weighted by molar-refractivity contribution is -0.120. The molecule has 1 heterocycles. The molecule has 0 aromatic carbocycles. The highest BCUT2D eigenvalue weighted by atomic mass is 32.1. The first-order valence-electron chi connectivity index (χ1n) is 3.57. The lowest BCUT2D eigenvalue weighted by Crippen LogP contribution is -2.21. The van der Waals surface area contributed by atoms with Gasteiger partial charge in [0.2, 0.25) is 11.0 Å². The minimum Gasteiger partial charge on any atom is -0.374 e. The van der Waals surface area contributed by atoms with E-state index < -0.39 is 0 Å². The fraction of sp³-hybridized carbons (Fsp3) is 0.500. The minimum atomic E-state index is 0.00349. The van der Waals surface area contributed by atoms with E-state index in [2.05, 4.69) is 15.5 Å². The number of nitrogens with zero attached hydrogens (tertiary/aromatic N) is 2. The molecule has 0 saturated carbocycles. The van der Waals surface area contributed by atoms with Crippen molar-refractivity contribution in [3.63, 3.8) is 0 Å². The van der Waals surface area contributed by atoms with Crippen LogP contribution >= 0.6 is 11.3 Å². The summed E-state index contributed by atoms with van der Waals surface area (Å²) >= 11 is 1.28. The van der Waals surface area contributed by atoms with Gasteiger partial charge in [0, 0.05) is 6.42 Å². The SMILES string of the molecule is CCC(=O)NCc1nnc(N)s1. The molecule has 1 aromatic rings. The third-order valence-corrected chi connectivity index (χ3v) is 1.99. The van der Waals surface area contributed by atoms with Crippen molar-refractivity contribution in [2.45, 2.75) is 19.9 Å². The van der Waals surface area contributed by atoms with Crippen LogP contribution in [0.1, 0.15) is 18.4 Å². The van der Waals surface area contributed by atoms with Gasteiger partial charge < -0.3 is 11.1 Å². The highest BCUT2D eigenvalue weighted by Gasteiger charge is 2.01. The molecule has 0 aliphatic rings. The van der Waals surface area contributed by atoms with Gasteiger partial charge in [-0.15, -0.1) is 10.2 Å². The average Bonchev–Trinajstić information content (AvgIpc) is 2.47. The van der Waals surface area contributed by atoms with E-state index in [-0.39, 0.29) is 5.91 Å². The number of nitrogens with one attached hydrogen (secondary N) is 1. The summed E-state index contributed by atoms with van der Waals surface area (Å²) in [5.41, 5.74) is 5.35. The predicted molar refractivity (Wildman–Crippen MR) is 46.5 cm³/mol. The van der Waals surface area contributed by atoms with Gasteiger partial charge in [-0.05, 0) is 0 Å². The van der Waals surface area contributed by atoms with Crippen LogP contribution in [0, 0.1) is 0 Å². The van der Waals surface area contributed by atoms with Gasteiger partial charge in [0.25, 0.3) is 0 Å². The molecule has 0 atom stereocenters. The molecular weight excluding hydrogens is 176 g/mol. The van der Waals surface area contributed by atoms with Crippen LogP contribution < -0.4 is 11.1 Å². The van der Waals surface area contributed by atoms with Crippen molar-refractivity contribution >= 4 is 22.4 Å². The van der Waals surface area contributed by atoms with Crippen LogP contribution in [0.2, 0.25) is 0 Å². The molecule has 66 valence electrons. The van der Waals surface area contributed by atoms with Crippen molar-refractivity contribution < 1.29 is 4.79 Å². The molecule has 5 nitrogen and oxygen atoms in total. The zero-order valence-corrected chi connectivity index (χ0v) is 7.52. The Hall–Kier alpha value is -1.17. The number of amides is 1. The number of anilines is 1. The fourth-order valence-corrected chi connectivity index (χ4v) is 1.19. The average molecular weight is 186 g/mol. The van der Waals surface area contributed by atoms with E-state index in [0.29, 0.717) is 18.1 Å². The van der Waals surface area contributed by atoms with E-state index in [1.807, 2.05) is 0 Å². The van der Waals surface area contributed by atoms with Crippen molar-refractivity contribution in [3.05, 3.63) is 5.01 Å². The Morgan fingerprint density at radius 1 is 1.67 bits per heavy atom. The third-order valence-electron chi connectivity index (χ3n) is 1.24. The van der Waals surface area contributed by atoms with E-state index in [1.54, 1.807) is 6.92 Å². The van der Waals surface area contributed by atoms with Crippen molar-refractivity contribution in [2.24, 2.45) is 0 Å². The molecule has 6 heteroatoms. The van der Waals surface area contributed by atoms with E-state index in [1.165, 1.54) is 11.3 Å². The second kappa shape index (κ2) is 4.01. The largest absolute Gasteiger partial charge is 0.374 e. The molecule has 0 spiro atoms. The number of carbonyl (C=O) groups is 1. The van der Waals surface area contributed by atoms with E-state index in [4.69, 9.17) is 5.73 Å². The quantitative estimate of drug-likeness (QED) is 0.704. The van der Waals surface area contributed by atoms with Crippen LogP contribution in [0.5, 0.6) is 0 Å². The highest BCUT2D eigenvalue weighted by Crippen LogP contribution is 2.09. The summed E-state index contributed by atoms with van der Waals surface area (Å²) < 4.78 is 0. The zero-order valence-electron chi connectivity index (χ0n) is 6.70. The Bertz CT molecular complexity index is 272. The normalized spacial score (nSPS) is 9.75. The summed E-state index contributed by atoms with van der Waals surface area (Å²) in [4.78, 5) is 10.8. The summed E-state index contributed by atoms with van der Waals surface area (Å²) in [5, 5.41) is 11.2. The van der Waals surface area contributed by atoms with E-state index >= 15 is 0 Å². The molecule has 1 rings (SSSR count). The van der Waals surface area contributed by atoms with Crippen LogP contribution in [0.4, 0.5) is 5.13 Å². The molecule has 0 bridgehead atoms. The number of nitrogen functional groups attached to an aromatic ring is 1. The molecule has 3 N–H and O–H groups in total. The number of nitrogens with two attached hydrogens (primary N) is 1. The number of rotatable bonds is 3. The first-order valence-corrected chi connectivity index (χ1v) is 4.38. The van der Waals surface area contributed by atoms with Crippen molar-refractivity contribution in [2.75, 3.05) is 5.73 Å². The number of carbonyl (C=O) groups excluding carboxylic acids is 1. The Labute approximate surface area is 74.0 Å². The van der Waals surface area contributed by atoms with Crippen molar-refractivity contribution in [3.8, 4) is 0 Å². The molecule has 0 radical (unpaired) electrons. The molecule has 1 amide bonds. The molecule has 0 aliphatic carbocycles. The Morgan fingerprint density at radius 3 is 2.92 bits per heavy atom. The van der Waals surface area contributed by atoms with Crippen molar-refractivity contribution in [1.82, 2.24) is 15.5 Å². The van der Waals surface area contributed by atoms with Crippen LogP contribution in [0.25, 0.3) is 0 Å². The van der Waals surface area contributed by atoms with Crippen LogP contribution in [0.3, 0.4) is 0 Å². The zero-order chi connectivity index (χ0) is 8.97. The van der Waals surface area contributed by atoms with Gasteiger partial charge in [-0.3, -0.25) is 4.79 Å². The van der Waals surface area contributed by atoms with Gasteiger partial charge in [0.05, 0.1) is 6.54 Å². The first kappa shape index (κ1) is 8.92. The Kier molecular flexibility index (Phi) is 2.98. The Morgan fingerprint density at radius 2 is 2.42 bits per heavy atom. The van der Waals surface area contributed by atoms with Crippen molar-refractivity contribution in [1.29, 1.82) is 0 Å². The monoisotopic (exact) mass is 186 g/mol. The number of aromatic nitrogens is 2. The van der Waals surface area contributed by atoms with Gasteiger partial charge >= 0.3 is 0 Å². The molecular formula is C6H10N4OS. The maximum absolute atomic E-state index is 10.8. The summed E-state index contributed by atoms with van der Waals surface area (Å²) in [6.07, 6.45) is 0.480. The summed E-state index contributed by atoms with van der Waals surface area (Å²) in [7, 11) is 0.